The highest BCUT2D eigenvalue weighted by molar-refractivity contribution is 7.15. The van der Waals surface area contributed by atoms with Gasteiger partial charge in [0.1, 0.15) is 0 Å². The Labute approximate surface area is 104 Å². The smallest absolute Gasteiger partial charge is 0.285 e. The van der Waals surface area contributed by atoms with Gasteiger partial charge in [-0.3, -0.25) is 14.9 Å². The van der Waals surface area contributed by atoms with Crippen LogP contribution in [0.5, 0.6) is 0 Å². The molecule has 2 rings (SSSR count). The molecule has 0 radical (unpaired) electrons. The number of thiazole rings is 1. The van der Waals surface area contributed by atoms with Crippen molar-refractivity contribution in [3.05, 3.63) is 54.3 Å². The molecule has 0 aliphatic carbocycles. The normalized spacial score (nSPS) is 10.4. The van der Waals surface area contributed by atoms with E-state index in [0.717, 1.165) is 4.88 Å². The minimum atomic E-state index is -0.546. The van der Waals surface area contributed by atoms with Gasteiger partial charge in [0.25, 0.3) is 11.2 Å². The van der Waals surface area contributed by atoms with E-state index < -0.39 is 4.92 Å². The molecule has 0 saturated carbocycles. The fraction of sp³-hybridized carbons (Fsp3) is 0.111. The first-order valence-electron chi connectivity index (χ1n) is 4.51. The Morgan fingerprint density at radius 3 is 2.88 bits per heavy atom. The van der Waals surface area contributed by atoms with Crippen LogP contribution < -0.4 is 5.56 Å². The Balaban J connectivity index is 2.35. The van der Waals surface area contributed by atoms with E-state index in [1.165, 1.54) is 40.4 Å². The van der Waals surface area contributed by atoms with Crippen molar-refractivity contribution in [1.29, 1.82) is 0 Å². The summed E-state index contributed by atoms with van der Waals surface area (Å²) in [5.74, 6) is 0. The lowest BCUT2D eigenvalue weighted by molar-refractivity contribution is -0.385. The monoisotopic (exact) mass is 271 g/mol. The van der Waals surface area contributed by atoms with Crippen molar-refractivity contribution < 1.29 is 4.92 Å². The first-order valence-corrected chi connectivity index (χ1v) is 5.71. The molecule has 17 heavy (non-hydrogen) atoms. The van der Waals surface area contributed by atoms with E-state index >= 15 is 0 Å². The predicted octanol–water partition coefficient (Wildman–Crippen LogP) is 1.91. The lowest BCUT2D eigenvalue weighted by atomic mass is 10.4. The van der Waals surface area contributed by atoms with E-state index in [4.69, 9.17) is 11.6 Å². The Morgan fingerprint density at radius 1 is 1.53 bits per heavy atom. The summed E-state index contributed by atoms with van der Waals surface area (Å²) >= 11 is 6.89. The third-order valence-electron chi connectivity index (χ3n) is 2.03. The molecule has 0 atom stereocenters. The molecule has 0 aromatic carbocycles. The molecule has 8 heteroatoms. The molecule has 88 valence electrons. The molecule has 0 amide bonds. The summed E-state index contributed by atoms with van der Waals surface area (Å²) in [7, 11) is 0. The number of rotatable bonds is 3. The van der Waals surface area contributed by atoms with Gasteiger partial charge in [0, 0.05) is 23.2 Å². The molecule has 0 N–H and O–H groups in total. The van der Waals surface area contributed by atoms with Crippen LogP contribution in [0.2, 0.25) is 4.47 Å². The fourth-order valence-electron chi connectivity index (χ4n) is 1.27. The minimum absolute atomic E-state index is 0.125. The standard InChI is InChI=1S/C9H6ClN3O3S/c10-9-11-3-7(17-9)5-12-4-6(13(15)16)1-2-8(12)14/h1-4H,5H2. The minimum Gasteiger partial charge on any atom is -0.303 e. The van der Waals surface area contributed by atoms with Crippen molar-refractivity contribution in [2.75, 3.05) is 0 Å². The second-order valence-electron chi connectivity index (χ2n) is 3.19. The van der Waals surface area contributed by atoms with Gasteiger partial charge < -0.3 is 4.57 Å². The highest BCUT2D eigenvalue weighted by atomic mass is 35.5. The van der Waals surface area contributed by atoms with Crippen LogP contribution in [0.3, 0.4) is 0 Å². The van der Waals surface area contributed by atoms with E-state index in [1.807, 2.05) is 0 Å². The van der Waals surface area contributed by atoms with Gasteiger partial charge in [0.05, 0.1) is 17.7 Å². The molecule has 0 aliphatic heterocycles. The number of nitro groups is 1. The van der Waals surface area contributed by atoms with E-state index in [0.29, 0.717) is 4.47 Å². The molecule has 2 aromatic rings. The Hall–Kier alpha value is -1.73. The molecule has 2 heterocycles. The van der Waals surface area contributed by atoms with Gasteiger partial charge in [-0.1, -0.05) is 11.6 Å². The molecule has 0 spiro atoms. The quantitative estimate of drug-likeness (QED) is 0.631. The largest absolute Gasteiger partial charge is 0.303 e. The number of hydrogen-bond acceptors (Lipinski definition) is 5. The second-order valence-corrected chi connectivity index (χ2v) is 4.89. The number of hydrogen-bond donors (Lipinski definition) is 0. The van der Waals surface area contributed by atoms with E-state index in [2.05, 4.69) is 4.98 Å². The average molecular weight is 272 g/mol. The van der Waals surface area contributed by atoms with Gasteiger partial charge in [-0.2, -0.15) is 0 Å². The van der Waals surface area contributed by atoms with Crippen LogP contribution in [-0.4, -0.2) is 14.5 Å². The van der Waals surface area contributed by atoms with Crippen molar-refractivity contribution in [3.63, 3.8) is 0 Å². The molecule has 0 aliphatic rings. The van der Waals surface area contributed by atoms with Gasteiger partial charge in [-0.05, 0) is 0 Å². The first-order chi connectivity index (χ1) is 8.06. The van der Waals surface area contributed by atoms with Gasteiger partial charge >= 0.3 is 0 Å². The molecule has 0 bridgehead atoms. The van der Waals surface area contributed by atoms with Gasteiger partial charge in [0.2, 0.25) is 0 Å². The van der Waals surface area contributed by atoms with E-state index in [1.54, 1.807) is 0 Å². The van der Waals surface area contributed by atoms with Crippen LogP contribution in [0, 0.1) is 10.1 Å². The summed E-state index contributed by atoms with van der Waals surface area (Å²) < 4.78 is 1.63. The molecule has 0 unspecified atom stereocenters. The van der Waals surface area contributed by atoms with Gasteiger partial charge in [0.15, 0.2) is 4.47 Å². The fourth-order valence-corrected chi connectivity index (χ4v) is 2.25. The number of pyridine rings is 1. The van der Waals surface area contributed by atoms with Crippen LogP contribution in [0.25, 0.3) is 0 Å². The maximum atomic E-state index is 11.5. The van der Waals surface area contributed by atoms with E-state index in [9.17, 15) is 14.9 Å². The molecule has 2 aromatic heterocycles. The zero-order chi connectivity index (χ0) is 12.4. The van der Waals surface area contributed by atoms with Crippen LogP contribution in [-0.2, 0) is 6.54 Å². The molecule has 6 nitrogen and oxygen atoms in total. The molecular weight excluding hydrogens is 266 g/mol. The van der Waals surface area contributed by atoms with E-state index in [-0.39, 0.29) is 17.8 Å². The highest BCUT2D eigenvalue weighted by Gasteiger charge is 2.09. The summed E-state index contributed by atoms with van der Waals surface area (Å²) in [6.45, 7) is 0.227. The summed E-state index contributed by atoms with van der Waals surface area (Å²) in [6.07, 6.45) is 2.74. The van der Waals surface area contributed by atoms with Crippen molar-refractivity contribution in [2.24, 2.45) is 0 Å². The zero-order valence-corrected chi connectivity index (χ0v) is 9.94. The van der Waals surface area contributed by atoms with Crippen LogP contribution in [0.15, 0.2) is 29.3 Å². The van der Waals surface area contributed by atoms with Crippen molar-refractivity contribution in [2.45, 2.75) is 6.54 Å². The Kier molecular flexibility index (Phi) is 3.21. The number of aromatic nitrogens is 2. The maximum absolute atomic E-state index is 11.5. The van der Waals surface area contributed by atoms with Crippen LogP contribution in [0.1, 0.15) is 4.88 Å². The summed E-state index contributed by atoms with van der Waals surface area (Å²) in [5.41, 5.74) is -0.430. The van der Waals surface area contributed by atoms with Gasteiger partial charge in [-0.25, -0.2) is 4.98 Å². The van der Waals surface area contributed by atoms with Gasteiger partial charge in [-0.15, -0.1) is 11.3 Å². The summed E-state index contributed by atoms with van der Waals surface area (Å²) in [6, 6.07) is 2.35. The first kappa shape index (κ1) is 11.7. The molecular formula is C9H6ClN3O3S. The molecule has 0 fully saturated rings. The van der Waals surface area contributed by atoms with Crippen LogP contribution >= 0.6 is 22.9 Å². The van der Waals surface area contributed by atoms with Crippen molar-refractivity contribution in [3.8, 4) is 0 Å². The second kappa shape index (κ2) is 4.64. The maximum Gasteiger partial charge on any atom is 0.285 e. The molecule has 0 saturated heterocycles. The Bertz CT molecular complexity index is 622. The summed E-state index contributed by atoms with van der Waals surface area (Å²) in [4.78, 5) is 26.1. The lowest BCUT2D eigenvalue weighted by Gasteiger charge is -2.02. The third kappa shape index (κ3) is 2.69. The zero-order valence-electron chi connectivity index (χ0n) is 8.37. The highest BCUT2D eigenvalue weighted by Crippen LogP contribution is 2.18. The SMILES string of the molecule is O=c1ccc([N+](=O)[O-])cn1Cc1cnc(Cl)s1. The number of halogens is 1. The van der Waals surface area contributed by atoms with Crippen LogP contribution in [0.4, 0.5) is 5.69 Å². The lowest BCUT2D eigenvalue weighted by Crippen LogP contribution is -2.18. The average Bonchev–Trinajstić information content (AvgIpc) is 2.67. The summed E-state index contributed by atoms with van der Waals surface area (Å²) in [5, 5.41) is 10.6. The predicted molar refractivity (Wildman–Crippen MR) is 63.6 cm³/mol. The third-order valence-corrected chi connectivity index (χ3v) is 3.13. The number of nitrogens with zero attached hydrogens (tertiary/aromatic N) is 3. The topological polar surface area (TPSA) is 78.0 Å². The Morgan fingerprint density at radius 2 is 2.29 bits per heavy atom. The van der Waals surface area contributed by atoms with Crippen molar-refractivity contribution >= 4 is 28.6 Å². The van der Waals surface area contributed by atoms with Crippen molar-refractivity contribution in [1.82, 2.24) is 9.55 Å².